The van der Waals surface area contributed by atoms with Gasteiger partial charge in [0.05, 0.1) is 36.4 Å². The fourth-order valence-corrected chi connectivity index (χ4v) is 11.7. The summed E-state index contributed by atoms with van der Waals surface area (Å²) in [7, 11) is 0. The second-order valence-electron chi connectivity index (χ2n) is 23.8. The number of aromatic hydroxyl groups is 1. The van der Waals surface area contributed by atoms with Crippen molar-refractivity contribution in [2.45, 2.75) is 214 Å². The Bertz CT molecular complexity index is 2410. The number of amides is 4. The van der Waals surface area contributed by atoms with Gasteiger partial charge in [0.15, 0.2) is 0 Å². The molecule has 18 nitrogen and oxygen atoms in total. The third-order valence-electron chi connectivity index (χ3n) is 17.5. The summed E-state index contributed by atoms with van der Waals surface area (Å²) in [6.07, 6.45) is 11.2. The second-order valence-corrected chi connectivity index (χ2v) is 23.8. The Hall–Kier alpha value is -5.24. The number of benzene rings is 1. The number of phenolic OH excluding ortho intramolecular Hbond substituents is 1. The molecule has 2 bridgehead atoms. The largest absolute Gasteiger partial charge is 0.508 e. The smallest absolute Gasteiger partial charge is 0.325 e. The van der Waals surface area contributed by atoms with Crippen molar-refractivity contribution in [3.63, 3.8) is 0 Å². The highest BCUT2D eigenvalue weighted by molar-refractivity contribution is 5.93. The predicted octanol–water partition coefficient (Wildman–Crippen LogP) is 5.97. The molecule has 1 unspecified atom stereocenters. The summed E-state index contributed by atoms with van der Waals surface area (Å²) in [5.74, 6) is -6.24. The van der Waals surface area contributed by atoms with Crippen LogP contribution in [-0.4, -0.2) is 133 Å². The second kappa shape index (κ2) is 30.2. The molecule has 17 atom stereocenters. The van der Waals surface area contributed by atoms with E-state index in [9.17, 15) is 54.3 Å². The van der Waals surface area contributed by atoms with Gasteiger partial charge in [0.1, 0.15) is 41.5 Å². The number of fused-ring (bicyclic) bond motifs is 2. The van der Waals surface area contributed by atoms with E-state index in [4.69, 9.17) is 9.47 Å². The minimum atomic E-state index is -1.44. The number of nitrogens with zero attached hydrogens (tertiary/aromatic N) is 1. The molecule has 5 rings (SSSR count). The number of hydrogen-bond donors (Lipinski definition) is 9. The molecule has 3 saturated heterocycles. The van der Waals surface area contributed by atoms with Gasteiger partial charge in [-0.1, -0.05) is 117 Å². The molecule has 0 radical (unpaired) electrons. The zero-order valence-electron chi connectivity index (χ0n) is 49.2. The molecular weight excluding hydrogens is 1020 g/mol. The number of cyclic esters (lactones) is 1. The highest BCUT2D eigenvalue weighted by Crippen LogP contribution is 2.46. The van der Waals surface area contributed by atoms with Crippen LogP contribution in [0.2, 0.25) is 0 Å². The van der Waals surface area contributed by atoms with Crippen molar-refractivity contribution in [3.8, 4) is 5.75 Å². The summed E-state index contributed by atoms with van der Waals surface area (Å²) in [6, 6.07) is 1.69. The van der Waals surface area contributed by atoms with Gasteiger partial charge in [-0.15, -0.1) is 0 Å². The van der Waals surface area contributed by atoms with Crippen molar-refractivity contribution in [1.29, 1.82) is 0 Å². The third kappa shape index (κ3) is 16.9. The Kier molecular flexibility index (Phi) is 24.7. The van der Waals surface area contributed by atoms with Crippen LogP contribution in [0.15, 0.2) is 66.3 Å². The summed E-state index contributed by atoms with van der Waals surface area (Å²) in [4.78, 5) is 82.6. The van der Waals surface area contributed by atoms with Gasteiger partial charge >= 0.3 is 5.97 Å². The van der Waals surface area contributed by atoms with E-state index in [1.165, 1.54) is 18.0 Å². The lowest BCUT2D eigenvalue weighted by Gasteiger charge is -2.56. The number of ketones is 1. The number of esters is 1. The van der Waals surface area contributed by atoms with Crippen LogP contribution in [0.3, 0.4) is 0 Å². The van der Waals surface area contributed by atoms with Gasteiger partial charge in [-0.2, -0.15) is 0 Å². The fourth-order valence-electron chi connectivity index (χ4n) is 11.7. The number of piperidine rings is 1. The SMILES string of the molecule is CCc1ccc(C[C@@H]2NC(=O)[C@H](C(C)C)NC(=O)[C@H](CCC(C)=O)[C@H](O)[C@@H](C)[C@@H](O)/C=C/C=C/C[C@@H](/C(C)=C/C=C/CC[C@H](C)[C@@H](O)C[C@@H]3O[C@@]4(NC(=O)[C@@H](CC)C[C@@H]4C)[C@@H](C)[C@@H](O)[C@H]3C)OC(=O)C3CCCN(N3)C2=O)cc1O. The topological polar surface area (TPSA) is 273 Å². The van der Waals surface area contributed by atoms with Crippen LogP contribution in [0.4, 0.5) is 0 Å². The minimum absolute atomic E-state index is 0.0260. The van der Waals surface area contributed by atoms with E-state index in [0.717, 1.165) is 6.42 Å². The molecular formula is C62H95N5O13. The first-order valence-corrected chi connectivity index (χ1v) is 29.4. The van der Waals surface area contributed by atoms with Gasteiger partial charge < -0.3 is 55.8 Å². The van der Waals surface area contributed by atoms with Crippen LogP contribution in [0.1, 0.15) is 151 Å². The quantitative estimate of drug-likeness (QED) is 0.0682. The monoisotopic (exact) mass is 1120 g/mol. The molecule has 0 aromatic heterocycles. The van der Waals surface area contributed by atoms with Gasteiger partial charge in [0.25, 0.3) is 5.91 Å². The summed E-state index contributed by atoms with van der Waals surface area (Å²) >= 11 is 0. The average molecular weight is 1120 g/mol. The number of aliphatic hydroxyl groups excluding tert-OH is 4. The minimum Gasteiger partial charge on any atom is -0.508 e. The van der Waals surface area contributed by atoms with Crippen molar-refractivity contribution in [2.24, 2.45) is 47.3 Å². The number of phenols is 1. The van der Waals surface area contributed by atoms with Crippen LogP contribution in [0.5, 0.6) is 5.75 Å². The average Bonchev–Trinajstić information content (AvgIpc) is 3.46. The molecule has 4 amide bonds. The maximum Gasteiger partial charge on any atom is 0.325 e. The number of aliphatic hydroxyl groups is 4. The van der Waals surface area contributed by atoms with E-state index in [-0.39, 0.29) is 79.3 Å². The highest BCUT2D eigenvalue weighted by Gasteiger charge is 2.57. The van der Waals surface area contributed by atoms with Gasteiger partial charge in [0.2, 0.25) is 17.7 Å². The molecule has 9 N–H and O–H groups in total. The van der Waals surface area contributed by atoms with Crippen LogP contribution in [0.25, 0.3) is 0 Å². The van der Waals surface area contributed by atoms with Crippen molar-refractivity contribution in [2.75, 3.05) is 6.54 Å². The molecule has 446 valence electrons. The van der Waals surface area contributed by atoms with E-state index in [0.29, 0.717) is 61.6 Å². The molecule has 1 aromatic carbocycles. The first-order valence-electron chi connectivity index (χ1n) is 29.4. The normalized spacial score (nSPS) is 34.4. The first kappa shape index (κ1) is 65.6. The molecule has 4 aliphatic heterocycles. The number of aryl methyl sites for hydroxylation is 1. The maximum absolute atomic E-state index is 14.7. The number of carbonyl (C=O) groups excluding carboxylic acids is 6. The summed E-state index contributed by atoms with van der Waals surface area (Å²) in [5.41, 5.74) is 4.00. The predicted molar refractivity (Wildman–Crippen MR) is 305 cm³/mol. The van der Waals surface area contributed by atoms with E-state index >= 15 is 0 Å². The molecule has 0 saturated carbocycles. The lowest BCUT2D eigenvalue weighted by Crippen LogP contribution is -2.71. The van der Waals surface area contributed by atoms with Crippen molar-refractivity contribution >= 4 is 35.4 Å². The Morgan fingerprint density at radius 3 is 2.33 bits per heavy atom. The standard InChI is InChI=1S/C62H95N5O13/c1-12-44-28-27-43(33-51(44)71)32-48-60(77)67-30-20-23-47(66-67)61(78)79-52(25-19-15-18-24-49(69)40(9)56(73)46(29-26-39(8)68)58(75)64-54(35(3)4)59(76)63-48)37(6)22-17-14-16-21-36(5)50(70)34-53-41(10)55(72)42(11)62(80-53)38(7)31-45(13-2)57(74)65-62/h14-15,17-19,22,24,27-28,33,35-36,38,40-42,45-50,52-56,66,69-73H,12-13,16,20-21,23,25-26,29-32,34H2,1-11H3,(H,63,76)(H,64,75)(H,65,74)/b17-14+,19-15+,24-18+,37-22+/t36-,38-,40-,41-,42-,45-,46+,47?,48-,49-,50-,52-,53-,54-,55-,56+,62+/m0/s1. The van der Waals surface area contributed by atoms with Gasteiger partial charge in [0, 0.05) is 61.8 Å². The van der Waals surface area contributed by atoms with Gasteiger partial charge in [-0.25, -0.2) is 5.43 Å². The molecule has 4 aliphatic rings. The van der Waals surface area contributed by atoms with Crippen LogP contribution < -0.4 is 21.4 Å². The van der Waals surface area contributed by atoms with E-state index < -0.39 is 102 Å². The lowest BCUT2D eigenvalue weighted by atomic mass is 9.69. The van der Waals surface area contributed by atoms with Gasteiger partial charge in [-0.05, 0) is 99.8 Å². The Morgan fingerprint density at radius 1 is 0.938 bits per heavy atom. The summed E-state index contributed by atoms with van der Waals surface area (Å²) < 4.78 is 13.0. The molecule has 0 aliphatic carbocycles. The van der Waals surface area contributed by atoms with Crippen molar-refractivity contribution < 1.29 is 63.8 Å². The zero-order valence-corrected chi connectivity index (χ0v) is 49.2. The summed E-state index contributed by atoms with van der Waals surface area (Å²) in [5, 5.41) is 66.7. The fraction of sp³-hybridized carbons (Fsp3) is 0.677. The number of Topliss-reactive ketones (excluding diaryl/α,β-unsaturated/α-hetero) is 1. The zero-order chi connectivity index (χ0) is 59.2. The number of hydrogen-bond acceptors (Lipinski definition) is 14. The maximum atomic E-state index is 14.7. The summed E-state index contributed by atoms with van der Waals surface area (Å²) in [6.45, 7) is 20.2. The van der Waals surface area contributed by atoms with E-state index in [2.05, 4.69) is 28.3 Å². The molecule has 1 aromatic rings. The lowest BCUT2D eigenvalue weighted by molar-refractivity contribution is -0.267. The number of ether oxygens (including phenoxy) is 2. The molecule has 18 heteroatoms. The molecule has 1 spiro atoms. The Labute approximate surface area is 474 Å². The van der Waals surface area contributed by atoms with Crippen LogP contribution in [0, 0.1) is 47.3 Å². The number of rotatable bonds is 16. The number of allylic oxidation sites excluding steroid dienone is 5. The van der Waals surface area contributed by atoms with Crippen LogP contribution >= 0.6 is 0 Å². The van der Waals surface area contributed by atoms with E-state index in [1.807, 2.05) is 59.8 Å². The number of nitrogens with one attached hydrogen (secondary N) is 4. The Balaban J connectivity index is 1.36. The first-order chi connectivity index (χ1) is 37.8. The van der Waals surface area contributed by atoms with E-state index in [1.54, 1.807) is 57.2 Å². The number of carbonyl (C=O) groups is 6. The van der Waals surface area contributed by atoms with Crippen molar-refractivity contribution in [1.82, 2.24) is 26.4 Å². The van der Waals surface area contributed by atoms with Crippen LogP contribution in [-0.2, 0) is 51.1 Å². The molecule has 3 fully saturated rings. The number of hydrazine groups is 1. The molecule has 80 heavy (non-hydrogen) atoms. The molecule has 4 heterocycles. The Morgan fingerprint density at radius 2 is 1.66 bits per heavy atom. The van der Waals surface area contributed by atoms with Crippen molar-refractivity contribution in [3.05, 3.63) is 77.4 Å². The highest BCUT2D eigenvalue weighted by atomic mass is 16.5. The van der Waals surface area contributed by atoms with Gasteiger partial charge in [-0.3, -0.25) is 29.0 Å². The third-order valence-corrected chi connectivity index (χ3v) is 17.5.